The summed E-state index contributed by atoms with van der Waals surface area (Å²) in [6.45, 7) is 2.33. The Kier molecular flexibility index (Phi) is 5.00. The molecule has 0 fully saturated rings. The van der Waals surface area contributed by atoms with Gasteiger partial charge in [0.05, 0.1) is 11.4 Å². The van der Waals surface area contributed by atoms with E-state index in [1.165, 1.54) is 11.3 Å². The van der Waals surface area contributed by atoms with Crippen molar-refractivity contribution in [3.05, 3.63) is 46.7 Å². The van der Waals surface area contributed by atoms with Crippen LogP contribution in [0.1, 0.15) is 16.6 Å². The SMILES string of the molecule is C[C@H](NC(=O)c1cccs1)C(=O)NC[C@H]1COc2ccccc2O1. The minimum atomic E-state index is -0.628. The Labute approximate surface area is 143 Å². The van der Waals surface area contributed by atoms with Gasteiger partial charge in [-0.25, -0.2) is 0 Å². The van der Waals surface area contributed by atoms with Gasteiger partial charge in [0.25, 0.3) is 5.91 Å². The minimum absolute atomic E-state index is 0.251. The Morgan fingerprint density at radius 2 is 2.04 bits per heavy atom. The maximum atomic E-state index is 12.1. The van der Waals surface area contributed by atoms with Gasteiger partial charge in [0.15, 0.2) is 11.5 Å². The number of hydrogen-bond donors (Lipinski definition) is 2. The van der Waals surface area contributed by atoms with Crippen molar-refractivity contribution in [3.8, 4) is 11.5 Å². The molecule has 2 atom stereocenters. The van der Waals surface area contributed by atoms with Crippen LogP contribution in [0, 0.1) is 0 Å². The van der Waals surface area contributed by atoms with Gasteiger partial charge in [-0.1, -0.05) is 18.2 Å². The number of para-hydroxylation sites is 2. The molecular formula is C17H18N2O4S. The molecule has 0 unspecified atom stereocenters. The molecule has 7 heteroatoms. The Balaban J connectivity index is 1.46. The van der Waals surface area contributed by atoms with Crippen LogP contribution in [0.25, 0.3) is 0 Å². The van der Waals surface area contributed by atoms with E-state index in [1.807, 2.05) is 29.6 Å². The summed E-state index contributed by atoms with van der Waals surface area (Å²) in [6, 6.07) is 10.3. The zero-order valence-corrected chi connectivity index (χ0v) is 14.0. The van der Waals surface area contributed by atoms with Crippen molar-refractivity contribution in [2.24, 2.45) is 0 Å². The molecule has 2 N–H and O–H groups in total. The van der Waals surface area contributed by atoms with Crippen molar-refractivity contribution in [3.63, 3.8) is 0 Å². The predicted molar refractivity (Wildman–Crippen MR) is 90.6 cm³/mol. The van der Waals surface area contributed by atoms with E-state index in [9.17, 15) is 9.59 Å². The summed E-state index contributed by atoms with van der Waals surface area (Å²) in [5.41, 5.74) is 0. The molecule has 126 valence electrons. The van der Waals surface area contributed by atoms with E-state index in [2.05, 4.69) is 10.6 Å². The summed E-state index contributed by atoms with van der Waals surface area (Å²) < 4.78 is 11.4. The Bertz CT molecular complexity index is 717. The number of fused-ring (bicyclic) bond motifs is 1. The number of nitrogens with one attached hydrogen (secondary N) is 2. The lowest BCUT2D eigenvalue weighted by Gasteiger charge is -2.27. The van der Waals surface area contributed by atoms with Gasteiger partial charge in [-0.2, -0.15) is 0 Å². The van der Waals surface area contributed by atoms with Gasteiger partial charge >= 0.3 is 0 Å². The van der Waals surface area contributed by atoms with Gasteiger partial charge in [-0.05, 0) is 30.5 Å². The summed E-state index contributed by atoms with van der Waals surface area (Å²) in [6.07, 6.45) is -0.260. The van der Waals surface area contributed by atoms with Gasteiger partial charge in [-0.3, -0.25) is 9.59 Å². The van der Waals surface area contributed by atoms with Crippen LogP contribution in [0.3, 0.4) is 0 Å². The molecule has 2 amide bonds. The van der Waals surface area contributed by atoms with E-state index >= 15 is 0 Å². The van der Waals surface area contributed by atoms with E-state index in [4.69, 9.17) is 9.47 Å². The molecule has 3 rings (SSSR count). The van der Waals surface area contributed by atoms with E-state index < -0.39 is 6.04 Å². The zero-order chi connectivity index (χ0) is 16.9. The van der Waals surface area contributed by atoms with Gasteiger partial charge in [0.2, 0.25) is 5.91 Å². The third-order valence-electron chi connectivity index (χ3n) is 3.56. The molecule has 24 heavy (non-hydrogen) atoms. The number of hydrogen-bond acceptors (Lipinski definition) is 5. The molecule has 0 aliphatic carbocycles. The molecule has 0 radical (unpaired) electrons. The van der Waals surface area contributed by atoms with Gasteiger partial charge in [-0.15, -0.1) is 11.3 Å². The first-order chi connectivity index (χ1) is 11.6. The highest BCUT2D eigenvalue weighted by molar-refractivity contribution is 7.12. The monoisotopic (exact) mass is 346 g/mol. The maximum absolute atomic E-state index is 12.1. The second kappa shape index (κ2) is 7.35. The molecule has 6 nitrogen and oxygen atoms in total. The van der Waals surface area contributed by atoms with Crippen LogP contribution in [0.5, 0.6) is 11.5 Å². The predicted octanol–water partition coefficient (Wildman–Crippen LogP) is 1.82. The van der Waals surface area contributed by atoms with Crippen LogP contribution in [-0.2, 0) is 4.79 Å². The molecule has 0 saturated heterocycles. The van der Waals surface area contributed by atoms with Gasteiger partial charge in [0.1, 0.15) is 18.8 Å². The van der Waals surface area contributed by atoms with E-state index in [-0.39, 0.29) is 17.9 Å². The third-order valence-corrected chi connectivity index (χ3v) is 4.43. The molecule has 1 aromatic heterocycles. The summed E-state index contributed by atoms with van der Waals surface area (Å²) in [5, 5.41) is 7.27. The summed E-state index contributed by atoms with van der Waals surface area (Å²) in [5.74, 6) is 0.861. The molecule has 1 aromatic carbocycles. The number of thiophene rings is 1. The smallest absolute Gasteiger partial charge is 0.261 e. The Morgan fingerprint density at radius 3 is 2.79 bits per heavy atom. The lowest BCUT2D eigenvalue weighted by atomic mass is 10.2. The number of rotatable bonds is 5. The van der Waals surface area contributed by atoms with Gasteiger partial charge < -0.3 is 20.1 Å². The van der Waals surface area contributed by atoms with E-state index in [0.29, 0.717) is 29.5 Å². The van der Waals surface area contributed by atoms with Crippen LogP contribution < -0.4 is 20.1 Å². The lowest BCUT2D eigenvalue weighted by molar-refractivity contribution is -0.123. The quantitative estimate of drug-likeness (QED) is 0.866. The molecule has 2 aromatic rings. The minimum Gasteiger partial charge on any atom is -0.486 e. The highest BCUT2D eigenvalue weighted by atomic mass is 32.1. The largest absolute Gasteiger partial charge is 0.486 e. The highest BCUT2D eigenvalue weighted by Crippen LogP contribution is 2.30. The second-order valence-electron chi connectivity index (χ2n) is 5.42. The van der Waals surface area contributed by atoms with Crippen molar-refractivity contribution in [2.45, 2.75) is 19.1 Å². The molecule has 0 saturated carbocycles. The first-order valence-corrected chi connectivity index (χ1v) is 8.52. The summed E-state index contributed by atoms with van der Waals surface area (Å²) in [7, 11) is 0. The van der Waals surface area contributed by atoms with Crippen molar-refractivity contribution in [1.82, 2.24) is 10.6 Å². The van der Waals surface area contributed by atoms with Crippen molar-refractivity contribution in [1.29, 1.82) is 0 Å². The number of carbonyl (C=O) groups excluding carboxylic acids is 2. The number of amides is 2. The first-order valence-electron chi connectivity index (χ1n) is 7.64. The lowest BCUT2D eigenvalue weighted by Crippen LogP contribution is -2.48. The third kappa shape index (κ3) is 3.86. The first kappa shape index (κ1) is 16.3. The van der Waals surface area contributed by atoms with Gasteiger partial charge in [0, 0.05) is 0 Å². The molecule has 1 aliphatic heterocycles. The molecule has 2 heterocycles. The summed E-state index contributed by atoms with van der Waals surface area (Å²) in [4.78, 5) is 24.6. The summed E-state index contributed by atoms with van der Waals surface area (Å²) >= 11 is 1.33. The average Bonchev–Trinajstić information content (AvgIpc) is 3.14. The second-order valence-corrected chi connectivity index (χ2v) is 6.36. The molecule has 1 aliphatic rings. The van der Waals surface area contributed by atoms with E-state index in [0.717, 1.165) is 0 Å². The molecule has 0 bridgehead atoms. The number of benzene rings is 1. The van der Waals surface area contributed by atoms with E-state index in [1.54, 1.807) is 19.1 Å². The van der Waals surface area contributed by atoms with Crippen LogP contribution in [-0.4, -0.2) is 37.1 Å². The van der Waals surface area contributed by atoms with Crippen molar-refractivity contribution < 1.29 is 19.1 Å². The normalized spacial score (nSPS) is 17.0. The molecular weight excluding hydrogens is 328 g/mol. The topological polar surface area (TPSA) is 76.7 Å². The average molecular weight is 346 g/mol. The zero-order valence-electron chi connectivity index (χ0n) is 13.2. The maximum Gasteiger partial charge on any atom is 0.261 e. The van der Waals surface area contributed by atoms with Crippen molar-refractivity contribution in [2.75, 3.05) is 13.2 Å². The number of ether oxygens (including phenoxy) is 2. The molecule has 0 spiro atoms. The standard InChI is InChI=1S/C17H18N2O4S/c1-11(19-17(21)15-7-4-8-24-15)16(20)18-9-12-10-22-13-5-2-3-6-14(13)23-12/h2-8,11-12H,9-10H2,1H3,(H,18,20)(H,19,21)/t11-,12-/m0/s1. The Hall–Kier alpha value is -2.54. The van der Waals surface area contributed by atoms with Crippen LogP contribution in [0.2, 0.25) is 0 Å². The highest BCUT2D eigenvalue weighted by Gasteiger charge is 2.23. The fraction of sp³-hybridized carbons (Fsp3) is 0.294. The van der Waals surface area contributed by atoms with Crippen molar-refractivity contribution >= 4 is 23.2 Å². The van der Waals surface area contributed by atoms with Crippen LogP contribution in [0.15, 0.2) is 41.8 Å². The fourth-order valence-electron chi connectivity index (χ4n) is 2.27. The fourth-order valence-corrected chi connectivity index (χ4v) is 2.90. The van der Waals surface area contributed by atoms with Crippen LogP contribution in [0.4, 0.5) is 0 Å². The van der Waals surface area contributed by atoms with Crippen LogP contribution >= 0.6 is 11.3 Å². The number of carbonyl (C=O) groups is 2. The Morgan fingerprint density at radius 1 is 1.25 bits per heavy atom.